The lowest BCUT2D eigenvalue weighted by molar-refractivity contribution is -0.125. The number of fused-ring (bicyclic) bond motifs is 3. The Kier molecular flexibility index (Phi) is 6.45. The van der Waals surface area contributed by atoms with Gasteiger partial charge in [0.15, 0.2) is 0 Å². The van der Waals surface area contributed by atoms with Crippen molar-refractivity contribution in [3.63, 3.8) is 0 Å². The van der Waals surface area contributed by atoms with Crippen molar-refractivity contribution in [1.29, 1.82) is 0 Å². The van der Waals surface area contributed by atoms with Gasteiger partial charge in [0, 0.05) is 32.8 Å². The van der Waals surface area contributed by atoms with Crippen LogP contribution in [0.25, 0.3) is 0 Å². The van der Waals surface area contributed by atoms with Gasteiger partial charge in [-0.2, -0.15) is 0 Å². The summed E-state index contributed by atoms with van der Waals surface area (Å²) >= 11 is 0. The molecule has 122 valence electrons. The molecule has 5 nitrogen and oxygen atoms in total. The van der Waals surface area contributed by atoms with Crippen LogP contribution in [0, 0.1) is 11.8 Å². The first-order valence-electron chi connectivity index (χ1n) is 8.39. The first kappa shape index (κ1) is 16.7. The SMILES string of the molecule is CCN(CC)C[C@H]1CN2CC[C@H]1C[C@@H]2CNC(=O)COC. The minimum atomic E-state index is -0.000150. The average Bonchev–Trinajstić information content (AvgIpc) is 2.51. The summed E-state index contributed by atoms with van der Waals surface area (Å²) in [4.78, 5) is 16.6. The predicted octanol–water partition coefficient (Wildman–Crippen LogP) is 0.801. The van der Waals surface area contributed by atoms with Crippen molar-refractivity contribution in [2.75, 3.05) is 53.0 Å². The summed E-state index contributed by atoms with van der Waals surface area (Å²) in [7, 11) is 1.56. The largest absolute Gasteiger partial charge is 0.375 e. The van der Waals surface area contributed by atoms with E-state index in [1.807, 2.05) is 0 Å². The third kappa shape index (κ3) is 4.41. The number of nitrogens with zero attached hydrogens (tertiary/aromatic N) is 2. The van der Waals surface area contributed by atoms with E-state index in [2.05, 4.69) is 29.0 Å². The molecule has 3 aliphatic heterocycles. The highest BCUT2D eigenvalue weighted by Gasteiger charge is 2.40. The van der Waals surface area contributed by atoms with Gasteiger partial charge in [0.2, 0.25) is 5.91 Å². The van der Waals surface area contributed by atoms with Crippen molar-refractivity contribution in [2.45, 2.75) is 32.7 Å². The van der Waals surface area contributed by atoms with Gasteiger partial charge in [-0.05, 0) is 44.3 Å². The summed E-state index contributed by atoms with van der Waals surface area (Å²) in [5, 5.41) is 3.00. The molecule has 2 bridgehead atoms. The van der Waals surface area contributed by atoms with Crippen LogP contribution < -0.4 is 5.32 Å². The molecule has 0 aromatic heterocycles. The molecule has 4 atom stereocenters. The molecular weight excluding hydrogens is 266 g/mol. The Hall–Kier alpha value is -0.650. The van der Waals surface area contributed by atoms with Crippen LogP contribution in [0.1, 0.15) is 26.7 Å². The highest BCUT2D eigenvalue weighted by molar-refractivity contribution is 5.77. The van der Waals surface area contributed by atoms with Gasteiger partial charge in [-0.1, -0.05) is 13.8 Å². The zero-order valence-electron chi connectivity index (χ0n) is 13.8. The zero-order valence-corrected chi connectivity index (χ0v) is 13.8. The van der Waals surface area contributed by atoms with E-state index in [4.69, 9.17) is 4.74 Å². The standard InChI is InChI=1S/C16H31N3O2/c1-4-18(5-2)10-14-11-19-7-6-13(14)8-15(19)9-17-16(20)12-21-3/h13-15H,4-12H2,1-3H3,(H,17,20)/t13-,14-,15+/m0/s1. The number of nitrogens with one attached hydrogen (secondary N) is 1. The molecule has 3 fully saturated rings. The summed E-state index contributed by atoms with van der Waals surface area (Å²) in [5.74, 6) is 1.64. The Labute approximate surface area is 129 Å². The molecule has 0 spiro atoms. The van der Waals surface area contributed by atoms with Crippen LogP contribution in [0.15, 0.2) is 0 Å². The highest BCUT2D eigenvalue weighted by Crippen LogP contribution is 2.36. The monoisotopic (exact) mass is 297 g/mol. The lowest BCUT2D eigenvalue weighted by Gasteiger charge is -2.51. The van der Waals surface area contributed by atoms with Crippen LogP contribution in [-0.4, -0.2) is 74.7 Å². The molecule has 3 rings (SSSR count). The Bertz CT molecular complexity index is 333. The van der Waals surface area contributed by atoms with E-state index in [-0.39, 0.29) is 12.5 Å². The maximum Gasteiger partial charge on any atom is 0.246 e. The second kappa shape index (κ2) is 8.11. The smallest absolute Gasteiger partial charge is 0.246 e. The number of ether oxygens (including phenoxy) is 1. The predicted molar refractivity (Wildman–Crippen MR) is 84.2 cm³/mol. The minimum absolute atomic E-state index is 0.000150. The number of piperidine rings is 3. The first-order chi connectivity index (χ1) is 10.2. The zero-order chi connectivity index (χ0) is 15.2. The summed E-state index contributed by atoms with van der Waals surface area (Å²) in [6, 6.07) is 0.525. The maximum atomic E-state index is 11.5. The number of carbonyl (C=O) groups excluding carboxylic acids is 1. The van der Waals surface area contributed by atoms with Gasteiger partial charge < -0.3 is 15.0 Å². The Balaban J connectivity index is 1.80. The number of hydrogen-bond acceptors (Lipinski definition) is 4. The van der Waals surface area contributed by atoms with E-state index in [1.165, 1.54) is 32.5 Å². The van der Waals surface area contributed by atoms with Gasteiger partial charge in [0.1, 0.15) is 6.61 Å². The van der Waals surface area contributed by atoms with Crippen molar-refractivity contribution in [2.24, 2.45) is 11.8 Å². The summed E-state index contributed by atoms with van der Waals surface area (Å²) < 4.78 is 4.86. The highest BCUT2D eigenvalue weighted by atomic mass is 16.5. The van der Waals surface area contributed by atoms with Crippen molar-refractivity contribution in [3.05, 3.63) is 0 Å². The fraction of sp³-hybridized carbons (Fsp3) is 0.938. The molecule has 0 saturated carbocycles. The Morgan fingerprint density at radius 2 is 2.14 bits per heavy atom. The van der Waals surface area contributed by atoms with Crippen LogP contribution in [0.4, 0.5) is 0 Å². The molecule has 0 aromatic rings. The van der Waals surface area contributed by atoms with E-state index >= 15 is 0 Å². The lowest BCUT2D eigenvalue weighted by Crippen LogP contribution is -2.58. The molecule has 3 aliphatic rings. The van der Waals surface area contributed by atoms with Crippen LogP contribution in [-0.2, 0) is 9.53 Å². The molecule has 21 heavy (non-hydrogen) atoms. The van der Waals surface area contributed by atoms with Gasteiger partial charge in [-0.15, -0.1) is 0 Å². The van der Waals surface area contributed by atoms with E-state index in [9.17, 15) is 4.79 Å². The fourth-order valence-electron chi connectivity index (χ4n) is 3.90. The van der Waals surface area contributed by atoms with Crippen molar-refractivity contribution in [1.82, 2.24) is 15.1 Å². The number of hydrogen-bond donors (Lipinski definition) is 1. The molecule has 5 heteroatoms. The molecule has 1 amide bonds. The quantitative estimate of drug-likeness (QED) is 0.720. The summed E-state index contributed by atoms with van der Waals surface area (Å²) in [6.07, 6.45) is 2.56. The number of carbonyl (C=O) groups is 1. The van der Waals surface area contributed by atoms with Crippen LogP contribution in [0.2, 0.25) is 0 Å². The van der Waals surface area contributed by atoms with E-state index in [1.54, 1.807) is 7.11 Å². The van der Waals surface area contributed by atoms with Gasteiger partial charge >= 0.3 is 0 Å². The van der Waals surface area contributed by atoms with Gasteiger partial charge in [-0.3, -0.25) is 9.69 Å². The normalized spacial score (nSPS) is 31.6. The molecule has 3 heterocycles. The third-order valence-electron chi connectivity index (χ3n) is 5.21. The topological polar surface area (TPSA) is 44.8 Å². The lowest BCUT2D eigenvalue weighted by atomic mass is 9.75. The van der Waals surface area contributed by atoms with Crippen molar-refractivity contribution in [3.8, 4) is 0 Å². The minimum Gasteiger partial charge on any atom is -0.375 e. The van der Waals surface area contributed by atoms with Crippen molar-refractivity contribution < 1.29 is 9.53 Å². The van der Waals surface area contributed by atoms with Gasteiger partial charge in [0.25, 0.3) is 0 Å². The van der Waals surface area contributed by atoms with Gasteiger partial charge in [-0.25, -0.2) is 0 Å². The van der Waals surface area contributed by atoms with E-state index < -0.39 is 0 Å². The Morgan fingerprint density at radius 3 is 2.71 bits per heavy atom. The molecular formula is C16H31N3O2. The van der Waals surface area contributed by atoms with E-state index in [0.29, 0.717) is 6.04 Å². The van der Waals surface area contributed by atoms with Crippen LogP contribution >= 0.6 is 0 Å². The molecule has 0 radical (unpaired) electrons. The molecule has 1 unspecified atom stereocenters. The molecule has 0 aliphatic carbocycles. The Morgan fingerprint density at radius 1 is 1.38 bits per heavy atom. The second-order valence-electron chi connectivity index (χ2n) is 6.42. The van der Waals surface area contributed by atoms with Crippen molar-refractivity contribution >= 4 is 5.91 Å². The van der Waals surface area contributed by atoms with Crippen LogP contribution in [0.3, 0.4) is 0 Å². The average molecular weight is 297 g/mol. The van der Waals surface area contributed by atoms with Crippen LogP contribution in [0.5, 0.6) is 0 Å². The summed E-state index contributed by atoms with van der Waals surface area (Å²) in [6.45, 7) is 11.4. The van der Waals surface area contributed by atoms with E-state index in [0.717, 1.165) is 31.5 Å². The second-order valence-corrected chi connectivity index (χ2v) is 6.42. The number of rotatable bonds is 8. The molecule has 1 N–H and O–H groups in total. The van der Waals surface area contributed by atoms with Gasteiger partial charge in [0.05, 0.1) is 0 Å². The summed E-state index contributed by atoms with van der Waals surface area (Å²) in [5.41, 5.74) is 0. The fourth-order valence-corrected chi connectivity index (χ4v) is 3.90. The maximum absolute atomic E-state index is 11.5. The number of methoxy groups -OCH3 is 1. The first-order valence-corrected chi connectivity index (χ1v) is 8.39. The number of amides is 1. The molecule has 0 aromatic carbocycles. The molecule has 3 saturated heterocycles. The third-order valence-corrected chi connectivity index (χ3v) is 5.21.